The molecule has 0 saturated carbocycles. The van der Waals surface area contributed by atoms with Gasteiger partial charge in [0.1, 0.15) is 5.75 Å². The Bertz CT molecular complexity index is 650. The third kappa shape index (κ3) is 3.88. The number of carbonyl (C=O) groups is 1. The predicted octanol–water partition coefficient (Wildman–Crippen LogP) is 3.87. The standard InChI is InChI=1S/C19H23NO2/c1-13-10-11-14(2)19(15(13)3)22-12-18(21)20-16(4)17-8-6-5-7-9-17/h5-11,16H,12H2,1-4H3,(H,20,21). The number of rotatable bonds is 5. The first-order valence-electron chi connectivity index (χ1n) is 7.53. The lowest BCUT2D eigenvalue weighted by Gasteiger charge is -2.16. The fourth-order valence-electron chi connectivity index (χ4n) is 2.39. The number of hydrogen-bond acceptors (Lipinski definition) is 2. The van der Waals surface area contributed by atoms with Crippen molar-refractivity contribution in [3.05, 3.63) is 64.7 Å². The molecule has 22 heavy (non-hydrogen) atoms. The average Bonchev–Trinajstić information content (AvgIpc) is 2.52. The molecule has 0 fully saturated rings. The lowest BCUT2D eigenvalue weighted by Crippen LogP contribution is -2.31. The van der Waals surface area contributed by atoms with Crippen LogP contribution in [0, 0.1) is 20.8 Å². The van der Waals surface area contributed by atoms with Gasteiger partial charge >= 0.3 is 0 Å². The number of nitrogens with one attached hydrogen (secondary N) is 1. The number of aryl methyl sites for hydroxylation is 2. The Morgan fingerprint density at radius 1 is 1.05 bits per heavy atom. The first-order valence-corrected chi connectivity index (χ1v) is 7.53. The topological polar surface area (TPSA) is 38.3 Å². The molecule has 0 aromatic heterocycles. The van der Waals surface area contributed by atoms with Crippen molar-refractivity contribution in [1.29, 1.82) is 0 Å². The van der Waals surface area contributed by atoms with Crippen molar-refractivity contribution in [3.8, 4) is 5.75 Å². The molecule has 116 valence electrons. The van der Waals surface area contributed by atoms with E-state index >= 15 is 0 Å². The first kappa shape index (κ1) is 16.1. The highest BCUT2D eigenvalue weighted by molar-refractivity contribution is 5.78. The normalized spacial score (nSPS) is 11.8. The lowest BCUT2D eigenvalue weighted by atomic mass is 10.1. The lowest BCUT2D eigenvalue weighted by molar-refractivity contribution is -0.123. The number of hydrogen-bond donors (Lipinski definition) is 1. The van der Waals surface area contributed by atoms with Crippen LogP contribution in [0.25, 0.3) is 0 Å². The molecule has 3 heteroatoms. The zero-order chi connectivity index (χ0) is 16.1. The Balaban J connectivity index is 1.95. The molecule has 1 atom stereocenters. The Morgan fingerprint density at radius 3 is 2.36 bits per heavy atom. The van der Waals surface area contributed by atoms with Crippen molar-refractivity contribution in [2.24, 2.45) is 0 Å². The summed E-state index contributed by atoms with van der Waals surface area (Å²) in [5.74, 6) is 0.694. The van der Waals surface area contributed by atoms with Gasteiger partial charge < -0.3 is 10.1 Å². The smallest absolute Gasteiger partial charge is 0.258 e. The molecule has 1 unspecified atom stereocenters. The fraction of sp³-hybridized carbons (Fsp3) is 0.316. The summed E-state index contributed by atoms with van der Waals surface area (Å²) < 4.78 is 5.73. The SMILES string of the molecule is Cc1ccc(C)c(OCC(=O)NC(C)c2ccccc2)c1C. The highest BCUT2D eigenvalue weighted by Crippen LogP contribution is 2.25. The third-order valence-electron chi connectivity index (χ3n) is 3.90. The van der Waals surface area contributed by atoms with E-state index in [9.17, 15) is 4.79 Å². The number of benzene rings is 2. The summed E-state index contributed by atoms with van der Waals surface area (Å²) in [6.45, 7) is 8.05. The second-order valence-corrected chi connectivity index (χ2v) is 5.64. The highest BCUT2D eigenvalue weighted by Gasteiger charge is 2.12. The third-order valence-corrected chi connectivity index (χ3v) is 3.90. The molecule has 0 aliphatic heterocycles. The van der Waals surface area contributed by atoms with Gasteiger partial charge in [0.25, 0.3) is 5.91 Å². The molecule has 3 nitrogen and oxygen atoms in total. The van der Waals surface area contributed by atoms with Crippen molar-refractivity contribution >= 4 is 5.91 Å². The van der Waals surface area contributed by atoms with Crippen LogP contribution >= 0.6 is 0 Å². The van der Waals surface area contributed by atoms with Crippen LogP contribution in [-0.2, 0) is 4.79 Å². The van der Waals surface area contributed by atoms with Crippen molar-refractivity contribution in [3.63, 3.8) is 0 Å². The monoisotopic (exact) mass is 297 g/mol. The van der Waals surface area contributed by atoms with Crippen molar-refractivity contribution in [2.75, 3.05) is 6.61 Å². The zero-order valence-corrected chi connectivity index (χ0v) is 13.6. The minimum Gasteiger partial charge on any atom is -0.483 e. The molecule has 1 amide bonds. The zero-order valence-electron chi connectivity index (χ0n) is 13.6. The minimum atomic E-state index is -0.114. The van der Waals surface area contributed by atoms with E-state index in [1.807, 2.05) is 64.1 Å². The second-order valence-electron chi connectivity index (χ2n) is 5.64. The van der Waals surface area contributed by atoms with Gasteiger partial charge in [0.15, 0.2) is 6.61 Å². The van der Waals surface area contributed by atoms with Crippen molar-refractivity contribution < 1.29 is 9.53 Å². The molecule has 0 radical (unpaired) electrons. The van der Waals surface area contributed by atoms with Crippen LogP contribution < -0.4 is 10.1 Å². The van der Waals surface area contributed by atoms with Crippen molar-refractivity contribution in [2.45, 2.75) is 33.7 Å². The van der Waals surface area contributed by atoms with Gasteiger partial charge in [-0.3, -0.25) is 4.79 Å². The Labute approximate surface area is 132 Å². The molecule has 0 bridgehead atoms. The van der Waals surface area contributed by atoms with E-state index in [-0.39, 0.29) is 18.6 Å². The summed E-state index contributed by atoms with van der Waals surface area (Å²) in [4.78, 5) is 12.1. The number of carbonyl (C=O) groups excluding carboxylic acids is 1. The first-order chi connectivity index (χ1) is 10.5. The van der Waals surface area contributed by atoms with Crippen LogP contribution in [0.2, 0.25) is 0 Å². The van der Waals surface area contributed by atoms with Crippen LogP contribution in [-0.4, -0.2) is 12.5 Å². The van der Waals surface area contributed by atoms with Gasteiger partial charge in [-0.1, -0.05) is 42.5 Å². The van der Waals surface area contributed by atoms with Gasteiger partial charge in [0, 0.05) is 0 Å². The summed E-state index contributed by atoms with van der Waals surface area (Å²) in [5.41, 5.74) is 4.38. The molecule has 1 N–H and O–H groups in total. The van der Waals surface area contributed by atoms with E-state index in [4.69, 9.17) is 4.74 Å². The molecule has 0 saturated heterocycles. The summed E-state index contributed by atoms with van der Waals surface area (Å²) >= 11 is 0. The summed E-state index contributed by atoms with van der Waals surface area (Å²) in [5, 5.41) is 2.96. The maximum atomic E-state index is 12.1. The quantitative estimate of drug-likeness (QED) is 0.910. The molecule has 2 aromatic carbocycles. The van der Waals surface area contributed by atoms with Gasteiger partial charge in [-0.2, -0.15) is 0 Å². The van der Waals surface area contributed by atoms with Gasteiger partial charge in [0.05, 0.1) is 6.04 Å². The highest BCUT2D eigenvalue weighted by atomic mass is 16.5. The van der Waals surface area contributed by atoms with Gasteiger partial charge in [-0.05, 0) is 49.9 Å². The molecule has 0 spiro atoms. The van der Waals surface area contributed by atoms with Gasteiger partial charge in [-0.15, -0.1) is 0 Å². The maximum absolute atomic E-state index is 12.1. The number of ether oxygens (including phenoxy) is 1. The Hall–Kier alpha value is -2.29. The molecule has 2 aromatic rings. The molecular formula is C19H23NO2. The Kier molecular flexibility index (Phi) is 5.21. The maximum Gasteiger partial charge on any atom is 0.258 e. The minimum absolute atomic E-state index is 0.0301. The summed E-state index contributed by atoms with van der Waals surface area (Å²) in [6, 6.07) is 13.9. The van der Waals surface area contributed by atoms with Gasteiger partial charge in [0.2, 0.25) is 0 Å². The van der Waals surface area contributed by atoms with Crippen LogP contribution in [0.4, 0.5) is 0 Å². The van der Waals surface area contributed by atoms with E-state index in [1.54, 1.807) is 0 Å². The average molecular weight is 297 g/mol. The van der Waals surface area contributed by atoms with E-state index in [0.717, 1.165) is 22.4 Å². The molecule has 0 aliphatic carbocycles. The van der Waals surface area contributed by atoms with Crippen molar-refractivity contribution in [1.82, 2.24) is 5.32 Å². The molecule has 0 aliphatic rings. The second kappa shape index (κ2) is 7.12. The van der Waals surface area contributed by atoms with E-state index in [2.05, 4.69) is 11.4 Å². The van der Waals surface area contributed by atoms with Crippen LogP contribution in [0.15, 0.2) is 42.5 Å². The predicted molar refractivity (Wildman–Crippen MR) is 89.1 cm³/mol. The van der Waals surface area contributed by atoms with Crippen LogP contribution in [0.5, 0.6) is 5.75 Å². The van der Waals surface area contributed by atoms with Crippen LogP contribution in [0.3, 0.4) is 0 Å². The van der Waals surface area contributed by atoms with E-state index in [1.165, 1.54) is 5.56 Å². The Morgan fingerprint density at radius 2 is 1.68 bits per heavy atom. The largest absolute Gasteiger partial charge is 0.483 e. The molecule has 2 rings (SSSR count). The number of amides is 1. The summed E-state index contributed by atoms with van der Waals surface area (Å²) in [7, 11) is 0. The molecular weight excluding hydrogens is 274 g/mol. The van der Waals surface area contributed by atoms with E-state index in [0.29, 0.717) is 0 Å². The van der Waals surface area contributed by atoms with Crippen LogP contribution in [0.1, 0.15) is 35.2 Å². The van der Waals surface area contributed by atoms with Gasteiger partial charge in [-0.25, -0.2) is 0 Å². The summed E-state index contributed by atoms with van der Waals surface area (Å²) in [6.07, 6.45) is 0. The molecule has 0 heterocycles. The van der Waals surface area contributed by atoms with E-state index < -0.39 is 0 Å². The fourth-order valence-corrected chi connectivity index (χ4v) is 2.39.